The van der Waals surface area contributed by atoms with Crippen LogP contribution < -0.4 is 4.74 Å². The number of nitrogens with zero attached hydrogens (tertiary/aromatic N) is 2. The van der Waals surface area contributed by atoms with Crippen molar-refractivity contribution < 1.29 is 9.15 Å². The Labute approximate surface area is 139 Å². The quantitative estimate of drug-likeness (QED) is 0.712. The largest absolute Gasteiger partial charge is 0.496 e. The van der Waals surface area contributed by atoms with Crippen LogP contribution in [0.25, 0.3) is 0 Å². The summed E-state index contributed by atoms with van der Waals surface area (Å²) < 4.78 is 11.2. The molecule has 6 heteroatoms. The highest BCUT2D eigenvalue weighted by molar-refractivity contribution is 7.98. The van der Waals surface area contributed by atoms with Crippen LogP contribution in [0.5, 0.6) is 5.75 Å². The minimum absolute atomic E-state index is 0.441. The normalized spacial score (nSPS) is 15.9. The minimum atomic E-state index is 0.441. The molecule has 118 valence electrons. The molecule has 0 aliphatic heterocycles. The number of ether oxygens (including phenoxy) is 1. The van der Waals surface area contributed by atoms with Gasteiger partial charge in [0.1, 0.15) is 5.75 Å². The molecule has 3 rings (SSSR count). The maximum atomic E-state index is 6.04. The molecule has 1 aliphatic rings. The molecule has 4 nitrogen and oxygen atoms in total. The second-order valence-corrected chi connectivity index (χ2v) is 6.85. The van der Waals surface area contributed by atoms with Crippen LogP contribution in [0.4, 0.5) is 0 Å². The van der Waals surface area contributed by atoms with Gasteiger partial charge in [-0.15, -0.1) is 10.2 Å². The molecule has 1 heterocycles. The van der Waals surface area contributed by atoms with Crippen LogP contribution in [0.2, 0.25) is 5.02 Å². The lowest BCUT2D eigenvalue weighted by Gasteiger charge is -2.17. The zero-order valence-corrected chi connectivity index (χ0v) is 14.1. The summed E-state index contributed by atoms with van der Waals surface area (Å²) in [5.41, 5.74) is 1.03. The van der Waals surface area contributed by atoms with E-state index in [1.54, 1.807) is 7.11 Å². The fourth-order valence-electron chi connectivity index (χ4n) is 2.79. The van der Waals surface area contributed by atoms with E-state index < -0.39 is 0 Å². The van der Waals surface area contributed by atoms with Crippen LogP contribution in [0.15, 0.2) is 27.8 Å². The number of hydrogen-bond acceptors (Lipinski definition) is 5. The molecule has 2 aromatic rings. The average Bonchev–Trinajstić information content (AvgIpc) is 3.03. The molecule has 1 saturated carbocycles. The van der Waals surface area contributed by atoms with Crippen LogP contribution in [0.3, 0.4) is 0 Å². The van der Waals surface area contributed by atoms with Crippen molar-refractivity contribution in [3.63, 3.8) is 0 Å². The Balaban J connectivity index is 1.64. The van der Waals surface area contributed by atoms with E-state index in [4.69, 9.17) is 20.8 Å². The lowest BCUT2D eigenvalue weighted by Crippen LogP contribution is -2.04. The predicted molar refractivity (Wildman–Crippen MR) is 87.7 cm³/mol. The second kappa shape index (κ2) is 7.38. The Kier molecular flexibility index (Phi) is 5.26. The lowest BCUT2D eigenvalue weighted by molar-refractivity contribution is 0.334. The molecule has 0 atom stereocenters. The molecule has 0 radical (unpaired) electrons. The van der Waals surface area contributed by atoms with Crippen molar-refractivity contribution in [3.05, 3.63) is 34.7 Å². The molecule has 22 heavy (non-hydrogen) atoms. The molecular weight excluding hydrogens is 320 g/mol. The van der Waals surface area contributed by atoms with Crippen LogP contribution >= 0.6 is 23.4 Å². The van der Waals surface area contributed by atoms with E-state index in [1.165, 1.54) is 31.0 Å². The van der Waals surface area contributed by atoms with Gasteiger partial charge in [-0.2, -0.15) is 0 Å². The maximum Gasteiger partial charge on any atom is 0.276 e. The predicted octanol–water partition coefficient (Wildman–Crippen LogP) is 5.07. The highest BCUT2D eigenvalue weighted by Gasteiger charge is 2.21. The van der Waals surface area contributed by atoms with Gasteiger partial charge in [-0.3, -0.25) is 0 Å². The van der Waals surface area contributed by atoms with Crippen LogP contribution in [-0.2, 0) is 5.75 Å². The van der Waals surface area contributed by atoms with Gasteiger partial charge in [0.2, 0.25) is 5.89 Å². The number of halogens is 1. The van der Waals surface area contributed by atoms with Crippen LogP contribution in [0, 0.1) is 0 Å². The molecule has 0 amide bonds. The van der Waals surface area contributed by atoms with Gasteiger partial charge in [0, 0.05) is 22.3 Å². The molecule has 1 aromatic heterocycles. The van der Waals surface area contributed by atoms with E-state index in [2.05, 4.69) is 10.2 Å². The average molecular weight is 339 g/mol. The van der Waals surface area contributed by atoms with Crippen molar-refractivity contribution in [2.45, 2.75) is 49.0 Å². The first kappa shape index (κ1) is 15.7. The van der Waals surface area contributed by atoms with Gasteiger partial charge in [-0.25, -0.2) is 0 Å². The first-order valence-corrected chi connectivity index (χ1v) is 8.91. The Bertz CT molecular complexity index is 626. The summed E-state index contributed by atoms with van der Waals surface area (Å²) in [7, 11) is 1.66. The van der Waals surface area contributed by atoms with Crippen molar-refractivity contribution in [2.24, 2.45) is 0 Å². The Morgan fingerprint density at radius 1 is 1.27 bits per heavy atom. The van der Waals surface area contributed by atoms with Crippen molar-refractivity contribution in [3.8, 4) is 5.75 Å². The molecule has 1 aliphatic carbocycles. The smallest absolute Gasteiger partial charge is 0.276 e. The standard InChI is InChI=1S/C16H19ClN2O2S/c1-20-14-8-7-13(17)9-12(14)10-22-16-19-18-15(21-16)11-5-3-2-4-6-11/h7-9,11H,2-6,10H2,1H3. The third-order valence-electron chi connectivity index (χ3n) is 3.97. The first-order valence-electron chi connectivity index (χ1n) is 7.55. The van der Waals surface area contributed by atoms with Crippen molar-refractivity contribution in [1.82, 2.24) is 10.2 Å². The number of aromatic nitrogens is 2. The molecule has 0 spiro atoms. The summed E-state index contributed by atoms with van der Waals surface area (Å²) in [6, 6.07) is 5.60. The molecule has 0 saturated heterocycles. The summed E-state index contributed by atoms with van der Waals surface area (Å²) in [4.78, 5) is 0. The molecule has 0 bridgehead atoms. The molecule has 0 unspecified atom stereocenters. The van der Waals surface area contributed by atoms with E-state index in [0.29, 0.717) is 21.9 Å². The van der Waals surface area contributed by atoms with Gasteiger partial charge in [0.15, 0.2) is 0 Å². The lowest BCUT2D eigenvalue weighted by atomic mass is 9.89. The molecule has 1 aromatic carbocycles. The SMILES string of the molecule is COc1ccc(Cl)cc1CSc1nnc(C2CCCCC2)o1. The van der Waals surface area contributed by atoms with E-state index in [-0.39, 0.29) is 0 Å². The third-order valence-corrected chi connectivity index (χ3v) is 5.07. The highest BCUT2D eigenvalue weighted by Crippen LogP contribution is 2.34. The third kappa shape index (κ3) is 3.76. The van der Waals surface area contributed by atoms with Gasteiger partial charge in [-0.1, -0.05) is 42.6 Å². The summed E-state index contributed by atoms with van der Waals surface area (Å²) >= 11 is 7.56. The van der Waals surface area contributed by atoms with Crippen molar-refractivity contribution in [1.29, 1.82) is 0 Å². The Morgan fingerprint density at radius 2 is 2.09 bits per heavy atom. The number of hydrogen-bond donors (Lipinski definition) is 0. The zero-order valence-electron chi connectivity index (χ0n) is 12.5. The number of thioether (sulfide) groups is 1. The minimum Gasteiger partial charge on any atom is -0.496 e. The van der Waals surface area contributed by atoms with E-state index >= 15 is 0 Å². The maximum absolute atomic E-state index is 6.04. The highest BCUT2D eigenvalue weighted by atomic mass is 35.5. The monoisotopic (exact) mass is 338 g/mol. The Morgan fingerprint density at radius 3 is 2.86 bits per heavy atom. The summed E-state index contributed by atoms with van der Waals surface area (Å²) in [5.74, 6) is 2.75. The summed E-state index contributed by atoms with van der Waals surface area (Å²) in [5, 5.41) is 9.69. The van der Waals surface area contributed by atoms with Crippen molar-refractivity contribution in [2.75, 3.05) is 7.11 Å². The van der Waals surface area contributed by atoms with Gasteiger partial charge in [-0.05, 0) is 31.0 Å². The van der Waals surface area contributed by atoms with Gasteiger partial charge in [0.05, 0.1) is 7.11 Å². The fourth-order valence-corrected chi connectivity index (χ4v) is 3.73. The summed E-state index contributed by atoms with van der Waals surface area (Å²) in [6.07, 6.45) is 6.16. The van der Waals surface area contributed by atoms with E-state index in [1.807, 2.05) is 18.2 Å². The number of rotatable bonds is 5. The second-order valence-electron chi connectivity index (χ2n) is 5.49. The Hall–Kier alpha value is -1.20. The fraction of sp³-hybridized carbons (Fsp3) is 0.500. The zero-order chi connectivity index (χ0) is 15.4. The first-order chi connectivity index (χ1) is 10.8. The van der Waals surface area contributed by atoms with Gasteiger partial charge < -0.3 is 9.15 Å². The molecule has 0 N–H and O–H groups in total. The van der Waals surface area contributed by atoms with Crippen LogP contribution in [-0.4, -0.2) is 17.3 Å². The van der Waals surface area contributed by atoms with Crippen molar-refractivity contribution >= 4 is 23.4 Å². The molecular formula is C16H19ClN2O2S. The van der Waals surface area contributed by atoms with E-state index in [0.717, 1.165) is 30.0 Å². The molecule has 1 fully saturated rings. The number of methoxy groups -OCH3 is 1. The van der Waals surface area contributed by atoms with Gasteiger partial charge >= 0.3 is 0 Å². The van der Waals surface area contributed by atoms with Gasteiger partial charge in [0.25, 0.3) is 5.22 Å². The number of benzene rings is 1. The van der Waals surface area contributed by atoms with E-state index in [9.17, 15) is 0 Å². The summed E-state index contributed by atoms with van der Waals surface area (Å²) in [6.45, 7) is 0. The van der Waals surface area contributed by atoms with Crippen LogP contribution in [0.1, 0.15) is 49.5 Å². The topological polar surface area (TPSA) is 48.2 Å².